The van der Waals surface area contributed by atoms with Crippen LogP contribution in [-0.2, 0) is 6.42 Å². The third kappa shape index (κ3) is 8.40. The maximum absolute atomic E-state index is 12.8. The van der Waals surface area contributed by atoms with E-state index < -0.39 is 0 Å². The zero-order valence-electron chi connectivity index (χ0n) is 23.1. The summed E-state index contributed by atoms with van der Waals surface area (Å²) in [5, 5.41) is 6.29. The van der Waals surface area contributed by atoms with Crippen LogP contribution in [0.1, 0.15) is 24.8 Å². The van der Waals surface area contributed by atoms with Gasteiger partial charge in [0.1, 0.15) is 0 Å². The smallest absolute Gasteiger partial charge is 0.319 e. The summed E-state index contributed by atoms with van der Waals surface area (Å²) >= 11 is 0. The quantitative estimate of drug-likeness (QED) is 0.383. The third-order valence-electron chi connectivity index (χ3n) is 8.16. The summed E-state index contributed by atoms with van der Waals surface area (Å²) in [6, 6.07) is 29.1. The molecule has 0 bridgehead atoms. The Labute approximate surface area is 234 Å². The average Bonchev–Trinajstić information content (AvgIpc) is 2.99. The predicted octanol–water partition coefficient (Wildman–Crippen LogP) is 5.19. The van der Waals surface area contributed by atoms with E-state index >= 15 is 0 Å². The Balaban J connectivity index is 0.955. The van der Waals surface area contributed by atoms with Gasteiger partial charge in [-0.15, -0.1) is 0 Å². The molecule has 3 aromatic carbocycles. The largest absolute Gasteiger partial charge is 0.335 e. The molecule has 0 unspecified atom stereocenters. The second kappa shape index (κ2) is 14.3. The summed E-state index contributed by atoms with van der Waals surface area (Å²) in [6.45, 7) is 10.3. The maximum atomic E-state index is 12.8. The van der Waals surface area contributed by atoms with Gasteiger partial charge in [0.05, 0.1) is 5.69 Å². The number of carbonyl (C=O) groups excluding carboxylic acids is 1. The minimum atomic E-state index is -0.111. The molecule has 2 amide bonds. The lowest BCUT2D eigenvalue weighted by Crippen LogP contribution is -2.48. The number of nitrogens with one attached hydrogen (secondary N) is 2. The molecule has 6 heteroatoms. The Morgan fingerprint density at radius 3 is 1.92 bits per heavy atom. The minimum absolute atomic E-state index is 0.111. The highest BCUT2D eigenvalue weighted by Crippen LogP contribution is 2.27. The lowest BCUT2D eigenvalue weighted by Gasteiger charge is -2.36. The molecular formula is C33H43N5O. The second-order valence-corrected chi connectivity index (χ2v) is 10.9. The molecule has 2 fully saturated rings. The highest BCUT2D eigenvalue weighted by molar-refractivity contribution is 5.94. The number of piperidine rings is 1. The van der Waals surface area contributed by atoms with E-state index in [-0.39, 0.29) is 12.1 Å². The SMILES string of the molecule is O=C(Nc1ccccc1-c1ccccc1)NC1CCN(CCCN2CCN(CCc3ccccc3)CC2)CC1. The molecule has 0 atom stereocenters. The van der Waals surface area contributed by atoms with Crippen LogP contribution in [0.15, 0.2) is 84.9 Å². The highest BCUT2D eigenvalue weighted by Gasteiger charge is 2.22. The third-order valence-corrected chi connectivity index (χ3v) is 8.16. The number of hydrogen-bond donors (Lipinski definition) is 2. The number of para-hydroxylation sites is 1. The van der Waals surface area contributed by atoms with Gasteiger partial charge < -0.3 is 25.3 Å². The number of rotatable bonds is 10. The lowest BCUT2D eigenvalue weighted by molar-refractivity contribution is 0.124. The Bertz CT molecular complexity index is 1140. The average molecular weight is 526 g/mol. The van der Waals surface area contributed by atoms with Crippen LogP contribution in [0.3, 0.4) is 0 Å². The summed E-state index contributed by atoms with van der Waals surface area (Å²) in [4.78, 5) is 20.6. The monoisotopic (exact) mass is 525 g/mol. The molecule has 5 rings (SSSR count). The van der Waals surface area contributed by atoms with Crippen molar-refractivity contribution in [1.29, 1.82) is 0 Å². The van der Waals surface area contributed by atoms with E-state index in [0.717, 1.165) is 55.7 Å². The minimum Gasteiger partial charge on any atom is -0.335 e. The van der Waals surface area contributed by atoms with Crippen LogP contribution < -0.4 is 10.6 Å². The first kappa shape index (κ1) is 27.4. The van der Waals surface area contributed by atoms with Gasteiger partial charge in [-0.2, -0.15) is 0 Å². The van der Waals surface area contributed by atoms with E-state index in [1.807, 2.05) is 36.4 Å². The van der Waals surface area contributed by atoms with Gasteiger partial charge in [0.25, 0.3) is 0 Å². The van der Waals surface area contributed by atoms with Crippen LogP contribution in [-0.4, -0.2) is 85.7 Å². The van der Waals surface area contributed by atoms with Crippen LogP contribution in [0.5, 0.6) is 0 Å². The van der Waals surface area contributed by atoms with Gasteiger partial charge in [-0.1, -0.05) is 78.9 Å². The molecule has 0 saturated carbocycles. The molecule has 39 heavy (non-hydrogen) atoms. The Morgan fingerprint density at radius 1 is 0.667 bits per heavy atom. The second-order valence-electron chi connectivity index (χ2n) is 10.9. The van der Waals surface area contributed by atoms with E-state index in [2.05, 4.69) is 73.9 Å². The molecule has 3 aromatic rings. The number of nitrogens with zero attached hydrogens (tertiary/aromatic N) is 3. The lowest BCUT2D eigenvalue weighted by atomic mass is 10.0. The van der Waals surface area contributed by atoms with Gasteiger partial charge in [-0.05, 0) is 56.0 Å². The van der Waals surface area contributed by atoms with Gasteiger partial charge in [-0.3, -0.25) is 0 Å². The number of carbonyl (C=O) groups is 1. The van der Waals surface area contributed by atoms with Crippen LogP contribution >= 0.6 is 0 Å². The molecule has 6 nitrogen and oxygen atoms in total. The molecule has 206 valence electrons. The molecule has 0 radical (unpaired) electrons. The van der Waals surface area contributed by atoms with Gasteiger partial charge in [0.2, 0.25) is 0 Å². The van der Waals surface area contributed by atoms with Crippen LogP contribution in [0.2, 0.25) is 0 Å². The fraction of sp³-hybridized carbons (Fsp3) is 0.424. The summed E-state index contributed by atoms with van der Waals surface area (Å²) in [5.74, 6) is 0. The summed E-state index contributed by atoms with van der Waals surface area (Å²) < 4.78 is 0. The van der Waals surface area contributed by atoms with Crippen molar-refractivity contribution in [2.24, 2.45) is 0 Å². The fourth-order valence-corrected chi connectivity index (χ4v) is 5.79. The van der Waals surface area contributed by atoms with Gasteiger partial charge in [0.15, 0.2) is 0 Å². The molecule has 0 aromatic heterocycles. The number of urea groups is 1. The molecule has 0 spiro atoms. The molecule has 2 N–H and O–H groups in total. The molecule has 2 aliphatic heterocycles. The van der Waals surface area contributed by atoms with E-state index in [1.54, 1.807) is 0 Å². The molecule has 2 aliphatic rings. The Kier molecular flexibility index (Phi) is 10.0. The van der Waals surface area contributed by atoms with Crippen molar-refractivity contribution in [3.8, 4) is 11.1 Å². The van der Waals surface area contributed by atoms with Crippen molar-refractivity contribution >= 4 is 11.7 Å². The van der Waals surface area contributed by atoms with Crippen LogP contribution in [0.25, 0.3) is 11.1 Å². The van der Waals surface area contributed by atoms with Gasteiger partial charge in [-0.25, -0.2) is 4.79 Å². The number of hydrogen-bond acceptors (Lipinski definition) is 4. The van der Waals surface area contributed by atoms with E-state index in [4.69, 9.17) is 0 Å². The normalized spacial score (nSPS) is 17.6. The van der Waals surface area contributed by atoms with E-state index in [9.17, 15) is 4.79 Å². The molecule has 2 heterocycles. The predicted molar refractivity (Wildman–Crippen MR) is 161 cm³/mol. The van der Waals surface area contributed by atoms with Crippen molar-refractivity contribution in [2.45, 2.75) is 31.7 Å². The first-order chi connectivity index (χ1) is 19.2. The van der Waals surface area contributed by atoms with Crippen molar-refractivity contribution in [3.05, 3.63) is 90.5 Å². The van der Waals surface area contributed by atoms with Gasteiger partial charge in [0, 0.05) is 57.4 Å². The van der Waals surface area contributed by atoms with Crippen molar-refractivity contribution in [1.82, 2.24) is 20.0 Å². The van der Waals surface area contributed by atoms with Crippen molar-refractivity contribution in [2.75, 3.05) is 64.2 Å². The van der Waals surface area contributed by atoms with E-state index in [0.29, 0.717) is 0 Å². The first-order valence-corrected chi connectivity index (χ1v) is 14.7. The number of amides is 2. The summed E-state index contributed by atoms with van der Waals surface area (Å²) in [5.41, 5.74) is 4.42. The summed E-state index contributed by atoms with van der Waals surface area (Å²) in [6.07, 6.45) is 4.38. The van der Waals surface area contributed by atoms with Gasteiger partial charge >= 0.3 is 6.03 Å². The molecule has 2 saturated heterocycles. The first-order valence-electron chi connectivity index (χ1n) is 14.7. The zero-order valence-corrected chi connectivity index (χ0v) is 23.1. The number of piperazine rings is 1. The Hall–Kier alpha value is -3.19. The van der Waals surface area contributed by atoms with Crippen molar-refractivity contribution < 1.29 is 4.79 Å². The molecular weight excluding hydrogens is 482 g/mol. The molecule has 0 aliphatic carbocycles. The van der Waals surface area contributed by atoms with Crippen LogP contribution in [0.4, 0.5) is 10.5 Å². The highest BCUT2D eigenvalue weighted by atomic mass is 16.2. The summed E-state index contributed by atoms with van der Waals surface area (Å²) in [7, 11) is 0. The fourth-order valence-electron chi connectivity index (χ4n) is 5.79. The number of likely N-dealkylation sites (tertiary alicyclic amines) is 1. The van der Waals surface area contributed by atoms with Crippen LogP contribution in [0, 0.1) is 0 Å². The van der Waals surface area contributed by atoms with Crippen molar-refractivity contribution in [3.63, 3.8) is 0 Å². The number of anilines is 1. The standard InChI is InChI=1S/C33H43N5O/c39-33(35-32-15-8-7-14-31(32)29-12-5-2-6-13-29)34-30-17-22-36(23-18-30)19-9-20-37-24-26-38(27-25-37)21-16-28-10-3-1-4-11-28/h1-8,10-15,30H,9,16-27H2,(H2,34,35,39). The number of benzene rings is 3. The maximum Gasteiger partial charge on any atom is 0.319 e. The zero-order chi connectivity index (χ0) is 26.7. The Morgan fingerprint density at radius 2 is 1.23 bits per heavy atom. The van der Waals surface area contributed by atoms with E-state index in [1.165, 1.54) is 51.3 Å². The topological polar surface area (TPSA) is 50.9 Å².